The number of rotatable bonds is 7. The molecule has 1 heterocycles. The summed E-state index contributed by atoms with van der Waals surface area (Å²) in [6.45, 7) is 5.98. The first kappa shape index (κ1) is 13.8. The van der Waals surface area contributed by atoms with E-state index in [4.69, 9.17) is 0 Å². The van der Waals surface area contributed by atoms with Gasteiger partial charge in [0.2, 0.25) is 0 Å². The molecule has 0 radical (unpaired) electrons. The minimum atomic E-state index is -0.0696. The van der Waals surface area contributed by atoms with Gasteiger partial charge in [-0.2, -0.15) is 0 Å². The molecule has 1 aromatic rings. The van der Waals surface area contributed by atoms with Crippen LogP contribution in [0.4, 0.5) is 5.69 Å². The Morgan fingerprint density at radius 1 is 1.42 bits per heavy atom. The van der Waals surface area contributed by atoms with E-state index in [1.807, 2.05) is 12.1 Å². The highest BCUT2D eigenvalue weighted by Crippen LogP contribution is 2.47. The summed E-state index contributed by atoms with van der Waals surface area (Å²) in [5.41, 5.74) is 1.82. The van der Waals surface area contributed by atoms with Crippen molar-refractivity contribution in [2.75, 3.05) is 18.4 Å². The van der Waals surface area contributed by atoms with Gasteiger partial charge in [0.05, 0.1) is 0 Å². The Kier molecular flexibility index (Phi) is 4.40. The summed E-state index contributed by atoms with van der Waals surface area (Å²) in [4.78, 5) is 16.2. The maximum atomic E-state index is 12.1. The predicted octanol–water partition coefficient (Wildman–Crippen LogP) is 2.82. The zero-order valence-electron chi connectivity index (χ0n) is 11.8. The lowest BCUT2D eigenvalue weighted by Gasteiger charge is -2.13. The molecular formula is C15H23N3O. The Balaban J connectivity index is 1.91. The summed E-state index contributed by atoms with van der Waals surface area (Å²) >= 11 is 0. The second-order valence-corrected chi connectivity index (χ2v) is 5.39. The Bertz CT molecular complexity index is 441. The molecule has 0 aliphatic heterocycles. The van der Waals surface area contributed by atoms with Crippen molar-refractivity contribution in [2.45, 2.75) is 39.5 Å². The van der Waals surface area contributed by atoms with E-state index in [1.54, 1.807) is 6.20 Å². The number of carbonyl (C=O) groups excluding carboxylic acids is 1. The van der Waals surface area contributed by atoms with E-state index in [-0.39, 0.29) is 5.91 Å². The van der Waals surface area contributed by atoms with E-state index >= 15 is 0 Å². The van der Waals surface area contributed by atoms with Crippen molar-refractivity contribution >= 4 is 11.6 Å². The smallest absolute Gasteiger partial charge is 0.269 e. The number of nitrogens with one attached hydrogen (secondary N) is 2. The highest BCUT2D eigenvalue weighted by molar-refractivity contribution is 5.93. The highest BCUT2D eigenvalue weighted by Gasteiger charge is 2.40. The number of anilines is 1. The van der Waals surface area contributed by atoms with Crippen molar-refractivity contribution in [3.05, 3.63) is 24.0 Å². The van der Waals surface area contributed by atoms with Gasteiger partial charge in [-0.05, 0) is 43.2 Å². The number of hydrogen-bond donors (Lipinski definition) is 2. The SMILES string of the molecule is CCCNc1ccnc(C(=O)NCC2(CC)CC2)c1. The molecule has 1 fully saturated rings. The quantitative estimate of drug-likeness (QED) is 0.793. The van der Waals surface area contributed by atoms with Crippen molar-refractivity contribution in [1.29, 1.82) is 0 Å². The lowest BCUT2D eigenvalue weighted by molar-refractivity contribution is 0.0939. The van der Waals surface area contributed by atoms with Gasteiger partial charge in [-0.1, -0.05) is 13.8 Å². The van der Waals surface area contributed by atoms with Crippen molar-refractivity contribution in [3.63, 3.8) is 0 Å². The number of amides is 1. The normalized spacial score (nSPS) is 15.9. The number of hydrogen-bond acceptors (Lipinski definition) is 3. The first-order chi connectivity index (χ1) is 9.19. The number of carbonyl (C=O) groups is 1. The number of aromatic nitrogens is 1. The second kappa shape index (κ2) is 6.04. The van der Waals surface area contributed by atoms with Gasteiger partial charge in [0.25, 0.3) is 5.91 Å². The van der Waals surface area contributed by atoms with Gasteiger partial charge in [0.15, 0.2) is 0 Å². The molecule has 2 N–H and O–H groups in total. The molecule has 1 aliphatic rings. The summed E-state index contributed by atoms with van der Waals surface area (Å²) in [6.07, 6.45) is 6.34. The maximum absolute atomic E-state index is 12.1. The second-order valence-electron chi connectivity index (χ2n) is 5.39. The van der Waals surface area contributed by atoms with Gasteiger partial charge >= 0.3 is 0 Å². The molecule has 0 saturated heterocycles. The minimum absolute atomic E-state index is 0.0696. The van der Waals surface area contributed by atoms with Crippen LogP contribution in [0, 0.1) is 5.41 Å². The first-order valence-corrected chi connectivity index (χ1v) is 7.17. The average molecular weight is 261 g/mol. The molecule has 19 heavy (non-hydrogen) atoms. The minimum Gasteiger partial charge on any atom is -0.385 e. The van der Waals surface area contributed by atoms with Crippen LogP contribution in [0.25, 0.3) is 0 Å². The fourth-order valence-electron chi connectivity index (χ4n) is 2.12. The van der Waals surface area contributed by atoms with Gasteiger partial charge < -0.3 is 10.6 Å². The van der Waals surface area contributed by atoms with Crippen LogP contribution in [0.15, 0.2) is 18.3 Å². The van der Waals surface area contributed by atoms with Gasteiger partial charge in [0.1, 0.15) is 5.69 Å². The van der Waals surface area contributed by atoms with Crippen molar-refractivity contribution in [2.24, 2.45) is 5.41 Å². The maximum Gasteiger partial charge on any atom is 0.269 e. The van der Waals surface area contributed by atoms with Crippen LogP contribution in [0.2, 0.25) is 0 Å². The third-order valence-electron chi connectivity index (χ3n) is 3.90. The van der Waals surface area contributed by atoms with Crippen molar-refractivity contribution in [1.82, 2.24) is 10.3 Å². The van der Waals surface area contributed by atoms with Gasteiger partial charge in [0, 0.05) is 25.0 Å². The Morgan fingerprint density at radius 3 is 2.84 bits per heavy atom. The summed E-state index contributed by atoms with van der Waals surface area (Å²) in [6, 6.07) is 3.71. The highest BCUT2D eigenvalue weighted by atomic mass is 16.1. The van der Waals surface area contributed by atoms with E-state index < -0.39 is 0 Å². The average Bonchev–Trinajstić information content (AvgIpc) is 3.23. The number of nitrogens with zero attached hydrogens (tertiary/aromatic N) is 1. The lowest BCUT2D eigenvalue weighted by atomic mass is 10.0. The van der Waals surface area contributed by atoms with Crippen LogP contribution >= 0.6 is 0 Å². The van der Waals surface area contributed by atoms with Crippen LogP contribution < -0.4 is 10.6 Å². The lowest BCUT2D eigenvalue weighted by Crippen LogP contribution is -2.30. The van der Waals surface area contributed by atoms with Gasteiger partial charge in [-0.3, -0.25) is 9.78 Å². The standard InChI is InChI=1S/C15H23N3O/c1-3-8-16-12-5-9-17-13(10-12)14(19)18-11-15(4-2)6-7-15/h5,9-10H,3-4,6-8,11H2,1-2H3,(H,16,17)(H,18,19). The molecule has 0 spiro atoms. The molecule has 0 bridgehead atoms. The Hall–Kier alpha value is -1.58. The van der Waals surface area contributed by atoms with E-state index in [2.05, 4.69) is 29.5 Å². The molecule has 104 valence electrons. The van der Waals surface area contributed by atoms with E-state index in [0.717, 1.165) is 31.6 Å². The van der Waals surface area contributed by atoms with Gasteiger partial charge in [-0.25, -0.2) is 0 Å². The molecule has 4 heteroatoms. The monoisotopic (exact) mass is 261 g/mol. The predicted molar refractivity (Wildman–Crippen MR) is 77.3 cm³/mol. The number of pyridine rings is 1. The largest absolute Gasteiger partial charge is 0.385 e. The topological polar surface area (TPSA) is 54.0 Å². The fourth-order valence-corrected chi connectivity index (χ4v) is 2.12. The Morgan fingerprint density at radius 2 is 2.21 bits per heavy atom. The molecule has 0 aromatic carbocycles. The molecular weight excluding hydrogens is 238 g/mol. The van der Waals surface area contributed by atoms with E-state index in [0.29, 0.717) is 11.1 Å². The summed E-state index contributed by atoms with van der Waals surface area (Å²) in [5.74, 6) is -0.0696. The zero-order chi connectivity index (χ0) is 13.7. The van der Waals surface area contributed by atoms with Crippen molar-refractivity contribution < 1.29 is 4.79 Å². The summed E-state index contributed by atoms with van der Waals surface area (Å²) in [5, 5.41) is 6.27. The molecule has 0 unspecified atom stereocenters. The zero-order valence-corrected chi connectivity index (χ0v) is 11.8. The van der Waals surface area contributed by atoms with Crippen LogP contribution in [-0.2, 0) is 0 Å². The fraction of sp³-hybridized carbons (Fsp3) is 0.600. The van der Waals surface area contributed by atoms with Crippen LogP contribution in [-0.4, -0.2) is 24.0 Å². The molecule has 1 aromatic heterocycles. The molecule has 4 nitrogen and oxygen atoms in total. The molecule has 2 rings (SSSR count). The third kappa shape index (κ3) is 3.69. The van der Waals surface area contributed by atoms with Crippen molar-refractivity contribution in [3.8, 4) is 0 Å². The van der Waals surface area contributed by atoms with E-state index in [9.17, 15) is 4.79 Å². The Labute approximate surface area is 115 Å². The molecule has 0 atom stereocenters. The van der Waals surface area contributed by atoms with Crippen LogP contribution in [0.3, 0.4) is 0 Å². The van der Waals surface area contributed by atoms with Crippen LogP contribution in [0.1, 0.15) is 50.0 Å². The molecule has 1 saturated carbocycles. The summed E-state index contributed by atoms with van der Waals surface area (Å²) < 4.78 is 0. The first-order valence-electron chi connectivity index (χ1n) is 7.17. The molecule has 1 aliphatic carbocycles. The third-order valence-corrected chi connectivity index (χ3v) is 3.90. The van der Waals surface area contributed by atoms with Crippen LogP contribution in [0.5, 0.6) is 0 Å². The molecule has 1 amide bonds. The van der Waals surface area contributed by atoms with E-state index in [1.165, 1.54) is 12.8 Å². The van der Waals surface area contributed by atoms with Gasteiger partial charge in [-0.15, -0.1) is 0 Å². The summed E-state index contributed by atoms with van der Waals surface area (Å²) in [7, 11) is 0.